The summed E-state index contributed by atoms with van der Waals surface area (Å²) in [5.74, 6) is 0. The van der Waals surface area contributed by atoms with Crippen molar-refractivity contribution in [3.8, 4) is 0 Å². The lowest BCUT2D eigenvalue weighted by molar-refractivity contribution is -0.384. The molecule has 0 spiro atoms. The Morgan fingerprint density at radius 3 is 2.37 bits per heavy atom. The molecule has 0 unspecified atom stereocenters. The first-order chi connectivity index (χ1) is 9.19. The fraction of sp³-hybridized carbons (Fsp3) is 0.500. The second-order valence-corrected chi connectivity index (χ2v) is 4.35. The Bertz CT molecular complexity index is 452. The molecule has 0 radical (unpaired) electrons. The highest BCUT2D eigenvalue weighted by molar-refractivity contribution is 5.43. The summed E-state index contributed by atoms with van der Waals surface area (Å²) in [7, 11) is 0. The summed E-state index contributed by atoms with van der Waals surface area (Å²) in [6.45, 7) is 6.93. The van der Waals surface area contributed by atoms with Crippen molar-refractivity contribution in [2.45, 2.75) is 6.92 Å². The summed E-state index contributed by atoms with van der Waals surface area (Å²) in [4.78, 5) is 12.4. The number of hydrogen-bond donors (Lipinski definition) is 0. The van der Waals surface area contributed by atoms with Gasteiger partial charge in [-0.25, -0.2) is 0 Å². The molecule has 1 aliphatic rings. The van der Waals surface area contributed by atoms with Crippen LogP contribution >= 0.6 is 0 Å². The average Bonchev–Trinajstić information content (AvgIpc) is 2.46. The summed E-state index contributed by atoms with van der Waals surface area (Å²) < 4.78 is 0. The summed E-state index contributed by atoms with van der Waals surface area (Å²) in [5.41, 5.74) is 0.694. The second-order valence-electron chi connectivity index (χ2n) is 4.35. The minimum Gasteiger partial charge on any atom is -0.300 e. The van der Waals surface area contributed by atoms with Crippen LogP contribution in [0.4, 0.5) is 11.4 Å². The van der Waals surface area contributed by atoms with Gasteiger partial charge in [-0.3, -0.25) is 20.0 Å². The number of nitrogens with zero attached hydrogens (tertiary/aromatic N) is 5. The van der Waals surface area contributed by atoms with Gasteiger partial charge in [-0.15, -0.1) is 5.11 Å². The number of rotatable bonds is 4. The number of non-ortho nitro benzene ring substituents is 1. The molecule has 1 heterocycles. The third kappa shape index (κ3) is 3.72. The molecule has 0 atom stereocenters. The lowest BCUT2D eigenvalue weighted by Crippen LogP contribution is -2.43. The Labute approximate surface area is 111 Å². The van der Waals surface area contributed by atoms with Gasteiger partial charge in [0.05, 0.1) is 23.7 Å². The SMILES string of the molecule is CCN1CCN(N=Nc2ccc([N+](=O)[O-])cc2)CC1. The normalized spacial score (nSPS) is 17.0. The second kappa shape index (κ2) is 6.24. The van der Waals surface area contributed by atoms with Crippen LogP contribution in [-0.4, -0.2) is 47.6 Å². The van der Waals surface area contributed by atoms with Crippen molar-refractivity contribution in [2.24, 2.45) is 10.3 Å². The summed E-state index contributed by atoms with van der Waals surface area (Å²) in [5, 5.41) is 20.7. The topological polar surface area (TPSA) is 74.3 Å². The number of hydrogen-bond acceptors (Lipinski definition) is 5. The van der Waals surface area contributed by atoms with Crippen LogP contribution in [0, 0.1) is 10.1 Å². The highest BCUT2D eigenvalue weighted by Gasteiger charge is 2.13. The molecule has 0 saturated carbocycles. The van der Waals surface area contributed by atoms with Crippen LogP contribution in [-0.2, 0) is 0 Å². The predicted octanol–water partition coefficient (Wildman–Crippen LogP) is 2.23. The van der Waals surface area contributed by atoms with Gasteiger partial charge in [0, 0.05) is 25.2 Å². The fourth-order valence-corrected chi connectivity index (χ4v) is 1.90. The molecule has 1 saturated heterocycles. The number of benzene rings is 1. The van der Waals surface area contributed by atoms with Gasteiger partial charge in [0.15, 0.2) is 0 Å². The van der Waals surface area contributed by atoms with Crippen molar-refractivity contribution in [3.63, 3.8) is 0 Å². The third-order valence-corrected chi connectivity index (χ3v) is 3.14. The van der Waals surface area contributed by atoms with Crippen LogP contribution in [0.3, 0.4) is 0 Å². The fourth-order valence-electron chi connectivity index (χ4n) is 1.90. The Balaban J connectivity index is 1.90. The summed E-state index contributed by atoms with van der Waals surface area (Å²) in [6.07, 6.45) is 0. The van der Waals surface area contributed by atoms with Crippen molar-refractivity contribution < 1.29 is 4.92 Å². The van der Waals surface area contributed by atoms with E-state index in [-0.39, 0.29) is 5.69 Å². The molecule has 1 aliphatic heterocycles. The lowest BCUT2D eigenvalue weighted by atomic mass is 10.3. The van der Waals surface area contributed by atoms with E-state index in [2.05, 4.69) is 22.2 Å². The van der Waals surface area contributed by atoms with Crippen molar-refractivity contribution in [2.75, 3.05) is 32.7 Å². The molecule has 0 bridgehead atoms. The quantitative estimate of drug-likeness (QED) is 0.474. The summed E-state index contributed by atoms with van der Waals surface area (Å²) >= 11 is 0. The first kappa shape index (κ1) is 13.4. The average molecular weight is 263 g/mol. The maximum Gasteiger partial charge on any atom is 0.269 e. The van der Waals surface area contributed by atoms with Crippen LogP contribution < -0.4 is 0 Å². The third-order valence-electron chi connectivity index (χ3n) is 3.14. The maximum atomic E-state index is 10.5. The molecule has 1 aromatic carbocycles. The molecule has 2 rings (SSSR count). The summed E-state index contributed by atoms with van der Waals surface area (Å²) in [6, 6.07) is 6.07. The van der Waals surface area contributed by atoms with Crippen LogP contribution in [0.2, 0.25) is 0 Å². The number of nitro groups is 1. The van der Waals surface area contributed by atoms with E-state index >= 15 is 0 Å². The van der Waals surface area contributed by atoms with Crippen LogP contribution in [0.25, 0.3) is 0 Å². The maximum absolute atomic E-state index is 10.5. The molecule has 102 valence electrons. The van der Waals surface area contributed by atoms with Crippen molar-refractivity contribution in [1.82, 2.24) is 9.91 Å². The van der Waals surface area contributed by atoms with Crippen molar-refractivity contribution >= 4 is 11.4 Å². The largest absolute Gasteiger partial charge is 0.300 e. The first-order valence-corrected chi connectivity index (χ1v) is 6.32. The molecule has 0 amide bonds. The van der Waals surface area contributed by atoms with Gasteiger partial charge in [-0.05, 0) is 18.7 Å². The number of nitro benzene ring substituents is 1. The van der Waals surface area contributed by atoms with Gasteiger partial charge in [-0.1, -0.05) is 12.1 Å². The molecule has 7 nitrogen and oxygen atoms in total. The highest BCUT2D eigenvalue weighted by atomic mass is 16.6. The van der Waals surface area contributed by atoms with Crippen LogP contribution in [0.15, 0.2) is 34.6 Å². The smallest absolute Gasteiger partial charge is 0.269 e. The number of piperazine rings is 1. The molecule has 0 N–H and O–H groups in total. The lowest BCUT2D eigenvalue weighted by Gasteiger charge is -2.31. The molecule has 0 aliphatic carbocycles. The molecule has 1 aromatic rings. The zero-order chi connectivity index (χ0) is 13.7. The van der Waals surface area contributed by atoms with Crippen LogP contribution in [0.1, 0.15) is 6.92 Å². The Morgan fingerprint density at radius 1 is 1.21 bits per heavy atom. The number of likely N-dealkylation sites (N-methyl/N-ethyl adjacent to an activating group) is 1. The monoisotopic (exact) mass is 263 g/mol. The molecule has 7 heteroatoms. The predicted molar refractivity (Wildman–Crippen MR) is 71.3 cm³/mol. The Morgan fingerprint density at radius 2 is 1.84 bits per heavy atom. The highest BCUT2D eigenvalue weighted by Crippen LogP contribution is 2.18. The van der Waals surface area contributed by atoms with E-state index in [9.17, 15) is 10.1 Å². The standard InChI is InChI=1S/C12H17N5O2/c1-2-15-7-9-16(10-8-15)14-13-11-3-5-12(6-4-11)17(18)19/h3-6H,2,7-10H2,1H3. The molecule has 1 fully saturated rings. The van der Waals surface area contributed by atoms with E-state index < -0.39 is 4.92 Å². The van der Waals surface area contributed by atoms with Gasteiger partial charge < -0.3 is 0 Å². The van der Waals surface area contributed by atoms with Gasteiger partial charge in [0.2, 0.25) is 0 Å². The van der Waals surface area contributed by atoms with E-state index in [4.69, 9.17) is 0 Å². The van der Waals surface area contributed by atoms with E-state index in [1.807, 2.05) is 5.01 Å². The van der Waals surface area contributed by atoms with E-state index in [1.54, 1.807) is 12.1 Å². The molecule has 19 heavy (non-hydrogen) atoms. The first-order valence-electron chi connectivity index (χ1n) is 6.32. The van der Waals surface area contributed by atoms with Crippen molar-refractivity contribution in [1.29, 1.82) is 0 Å². The molecular formula is C12H17N5O2. The van der Waals surface area contributed by atoms with Gasteiger partial charge in [0.1, 0.15) is 0 Å². The van der Waals surface area contributed by atoms with E-state index in [0.29, 0.717) is 5.69 Å². The van der Waals surface area contributed by atoms with Crippen LogP contribution in [0.5, 0.6) is 0 Å². The Hall–Kier alpha value is -2.02. The minimum atomic E-state index is -0.426. The van der Waals surface area contributed by atoms with Gasteiger partial charge in [0.25, 0.3) is 5.69 Å². The minimum absolute atomic E-state index is 0.0653. The molecule has 0 aromatic heterocycles. The van der Waals surface area contributed by atoms with Gasteiger partial charge in [-0.2, -0.15) is 0 Å². The zero-order valence-electron chi connectivity index (χ0n) is 10.9. The van der Waals surface area contributed by atoms with Gasteiger partial charge >= 0.3 is 0 Å². The van der Waals surface area contributed by atoms with Crippen molar-refractivity contribution in [3.05, 3.63) is 34.4 Å². The van der Waals surface area contributed by atoms with E-state index in [0.717, 1.165) is 32.7 Å². The Kier molecular flexibility index (Phi) is 4.40. The molecular weight excluding hydrogens is 246 g/mol. The van der Waals surface area contributed by atoms with E-state index in [1.165, 1.54) is 12.1 Å². The zero-order valence-corrected chi connectivity index (χ0v) is 10.9.